The number of aliphatic hydroxyl groups excluding tert-OH is 1. The predicted octanol–water partition coefficient (Wildman–Crippen LogP) is 3.07. The fourth-order valence-corrected chi connectivity index (χ4v) is 2.21. The van der Waals surface area contributed by atoms with E-state index >= 15 is 0 Å². The third-order valence-electron chi connectivity index (χ3n) is 3.15. The second-order valence-corrected chi connectivity index (χ2v) is 5.35. The van der Waals surface area contributed by atoms with E-state index < -0.39 is 6.10 Å². The van der Waals surface area contributed by atoms with Crippen molar-refractivity contribution in [3.05, 3.63) is 76.8 Å². The smallest absolute Gasteiger partial charge is 0.244 e. The summed E-state index contributed by atoms with van der Waals surface area (Å²) < 4.78 is 0. The van der Waals surface area contributed by atoms with Crippen LogP contribution in [0.25, 0.3) is 6.08 Å². The van der Waals surface area contributed by atoms with Gasteiger partial charge in [0.1, 0.15) is 0 Å². The summed E-state index contributed by atoms with van der Waals surface area (Å²) in [5.41, 5.74) is 1.82. The fourth-order valence-electron chi connectivity index (χ4n) is 2.01. The minimum absolute atomic E-state index is 0.209. The lowest BCUT2D eigenvalue weighted by Crippen LogP contribution is -2.32. The quantitative estimate of drug-likeness (QED) is 0.805. The van der Waals surface area contributed by atoms with E-state index in [0.717, 1.165) is 11.1 Å². The SMILES string of the molecule is O=C(/C=C/c1ccccc1Cl)NCC(O)Cc1ccccc1. The van der Waals surface area contributed by atoms with E-state index in [-0.39, 0.29) is 12.5 Å². The summed E-state index contributed by atoms with van der Waals surface area (Å²) in [6, 6.07) is 17.0. The number of halogens is 1. The van der Waals surface area contributed by atoms with Crippen LogP contribution < -0.4 is 5.32 Å². The first-order valence-electron chi connectivity index (χ1n) is 7.07. The third kappa shape index (κ3) is 5.35. The summed E-state index contributed by atoms with van der Waals surface area (Å²) in [4.78, 5) is 11.7. The van der Waals surface area contributed by atoms with Crippen molar-refractivity contribution >= 4 is 23.6 Å². The molecule has 2 aromatic carbocycles. The van der Waals surface area contributed by atoms with E-state index in [1.807, 2.05) is 48.5 Å². The Balaban J connectivity index is 1.79. The zero-order valence-corrected chi connectivity index (χ0v) is 12.8. The molecule has 0 aliphatic heterocycles. The van der Waals surface area contributed by atoms with Gasteiger partial charge in [0.15, 0.2) is 0 Å². The Labute approximate surface area is 135 Å². The van der Waals surface area contributed by atoms with E-state index in [1.54, 1.807) is 12.1 Å². The van der Waals surface area contributed by atoms with Crippen LogP contribution in [0.15, 0.2) is 60.7 Å². The van der Waals surface area contributed by atoms with Gasteiger partial charge in [-0.25, -0.2) is 0 Å². The zero-order chi connectivity index (χ0) is 15.8. The summed E-state index contributed by atoms with van der Waals surface area (Å²) >= 11 is 6.00. The summed E-state index contributed by atoms with van der Waals surface area (Å²) in [6.45, 7) is 0.209. The highest BCUT2D eigenvalue weighted by Gasteiger charge is 2.06. The van der Waals surface area contributed by atoms with Gasteiger partial charge in [0.25, 0.3) is 0 Å². The van der Waals surface area contributed by atoms with Gasteiger partial charge in [-0.15, -0.1) is 0 Å². The van der Waals surface area contributed by atoms with Gasteiger partial charge in [0.2, 0.25) is 5.91 Å². The van der Waals surface area contributed by atoms with Gasteiger partial charge < -0.3 is 10.4 Å². The van der Waals surface area contributed by atoms with Crippen molar-refractivity contribution in [3.8, 4) is 0 Å². The molecule has 2 aromatic rings. The number of nitrogens with one attached hydrogen (secondary N) is 1. The van der Waals surface area contributed by atoms with Gasteiger partial charge in [0, 0.05) is 24.1 Å². The molecule has 0 fully saturated rings. The average Bonchev–Trinajstić information content (AvgIpc) is 2.53. The first kappa shape index (κ1) is 16.3. The molecule has 0 saturated carbocycles. The van der Waals surface area contributed by atoms with Crippen LogP contribution in [-0.2, 0) is 11.2 Å². The van der Waals surface area contributed by atoms with Gasteiger partial charge in [-0.2, -0.15) is 0 Å². The van der Waals surface area contributed by atoms with Gasteiger partial charge in [-0.1, -0.05) is 60.1 Å². The second kappa shape index (κ2) is 8.37. The second-order valence-electron chi connectivity index (χ2n) is 4.94. The molecule has 0 aliphatic rings. The van der Waals surface area contributed by atoms with Crippen LogP contribution in [0.2, 0.25) is 5.02 Å². The Hall–Kier alpha value is -2.10. The van der Waals surface area contributed by atoms with E-state index in [0.29, 0.717) is 11.4 Å². The van der Waals surface area contributed by atoms with Gasteiger partial charge in [-0.05, 0) is 23.3 Å². The van der Waals surface area contributed by atoms with Crippen molar-refractivity contribution in [2.75, 3.05) is 6.54 Å². The van der Waals surface area contributed by atoms with E-state index in [1.165, 1.54) is 6.08 Å². The third-order valence-corrected chi connectivity index (χ3v) is 3.49. The minimum Gasteiger partial charge on any atom is -0.391 e. The monoisotopic (exact) mass is 315 g/mol. The molecule has 1 atom stereocenters. The van der Waals surface area contributed by atoms with Crippen molar-refractivity contribution in [1.29, 1.82) is 0 Å². The molecule has 2 rings (SSSR count). The fraction of sp³-hybridized carbons (Fsp3) is 0.167. The molecule has 22 heavy (non-hydrogen) atoms. The molecule has 2 N–H and O–H groups in total. The van der Waals surface area contributed by atoms with Crippen molar-refractivity contribution in [2.45, 2.75) is 12.5 Å². The Morgan fingerprint density at radius 3 is 2.55 bits per heavy atom. The number of aliphatic hydroxyl groups is 1. The van der Waals surface area contributed by atoms with Crippen LogP contribution in [0.4, 0.5) is 0 Å². The van der Waals surface area contributed by atoms with Gasteiger partial charge in [0.05, 0.1) is 6.10 Å². The molecule has 0 spiro atoms. The first-order valence-corrected chi connectivity index (χ1v) is 7.45. The summed E-state index contributed by atoms with van der Waals surface area (Å²) in [5, 5.41) is 13.2. The number of carbonyl (C=O) groups excluding carboxylic acids is 1. The van der Waals surface area contributed by atoms with Crippen LogP contribution >= 0.6 is 11.6 Å². The largest absolute Gasteiger partial charge is 0.391 e. The highest BCUT2D eigenvalue weighted by molar-refractivity contribution is 6.32. The number of carbonyl (C=O) groups is 1. The molecule has 1 unspecified atom stereocenters. The molecule has 0 saturated heterocycles. The lowest BCUT2D eigenvalue weighted by Gasteiger charge is -2.10. The Morgan fingerprint density at radius 2 is 1.82 bits per heavy atom. The molecule has 0 radical (unpaired) electrons. The Kier molecular flexibility index (Phi) is 6.19. The van der Waals surface area contributed by atoms with Crippen LogP contribution in [-0.4, -0.2) is 23.7 Å². The van der Waals surface area contributed by atoms with Gasteiger partial charge >= 0.3 is 0 Å². The molecule has 0 bridgehead atoms. The maximum Gasteiger partial charge on any atom is 0.244 e. The number of hydrogen-bond acceptors (Lipinski definition) is 2. The molecule has 4 heteroatoms. The topological polar surface area (TPSA) is 49.3 Å². The maximum absolute atomic E-state index is 11.7. The van der Waals surface area contributed by atoms with E-state index in [9.17, 15) is 9.90 Å². The highest BCUT2D eigenvalue weighted by Crippen LogP contribution is 2.15. The van der Waals surface area contributed by atoms with Crippen LogP contribution in [0.5, 0.6) is 0 Å². The molecule has 0 heterocycles. The number of amides is 1. The molecule has 3 nitrogen and oxygen atoms in total. The molecule has 0 aliphatic carbocycles. The Bertz CT molecular complexity index is 641. The van der Waals surface area contributed by atoms with Crippen molar-refractivity contribution in [3.63, 3.8) is 0 Å². The van der Waals surface area contributed by atoms with Crippen molar-refractivity contribution < 1.29 is 9.90 Å². The minimum atomic E-state index is -0.611. The predicted molar refractivity (Wildman–Crippen MR) is 89.6 cm³/mol. The lowest BCUT2D eigenvalue weighted by molar-refractivity contribution is -0.116. The van der Waals surface area contributed by atoms with E-state index in [2.05, 4.69) is 5.32 Å². The van der Waals surface area contributed by atoms with Crippen LogP contribution in [0, 0.1) is 0 Å². The first-order chi connectivity index (χ1) is 10.6. The Morgan fingerprint density at radius 1 is 1.14 bits per heavy atom. The summed E-state index contributed by atoms with van der Waals surface area (Å²) in [5.74, 6) is -0.257. The van der Waals surface area contributed by atoms with Crippen LogP contribution in [0.1, 0.15) is 11.1 Å². The average molecular weight is 316 g/mol. The van der Waals surface area contributed by atoms with Crippen LogP contribution in [0.3, 0.4) is 0 Å². The standard InChI is InChI=1S/C18H18ClNO2/c19-17-9-5-4-8-15(17)10-11-18(22)20-13-16(21)12-14-6-2-1-3-7-14/h1-11,16,21H,12-13H2,(H,20,22)/b11-10+. The lowest BCUT2D eigenvalue weighted by atomic mass is 10.1. The maximum atomic E-state index is 11.7. The van der Waals surface area contributed by atoms with Crippen molar-refractivity contribution in [2.24, 2.45) is 0 Å². The number of benzene rings is 2. The molecule has 114 valence electrons. The molecular weight excluding hydrogens is 298 g/mol. The normalized spacial score (nSPS) is 12.3. The number of hydrogen-bond donors (Lipinski definition) is 2. The summed E-state index contributed by atoms with van der Waals surface area (Å²) in [7, 11) is 0. The molecule has 1 amide bonds. The zero-order valence-electron chi connectivity index (χ0n) is 12.1. The molecule has 0 aromatic heterocycles. The van der Waals surface area contributed by atoms with Gasteiger partial charge in [-0.3, -0.25) is 4.79 Å². The molecular formula is C18H18ClNO2. The van der Waals surface area contributed by atoms with Crippen molar-refractivity contribution in [1.82, 2.24) is 5.32 Å². The van der Waals surface area contributed by atoms with E-state index in [4.69, 9.17) is 11.6 Å². The number of rotatable bonds is 6. The highest BCUT2D eigenvalue weighted by atomic mass is 35.5. The summed E-state index contributed by atoms with van der Waals surface area (Å²) in [6.07, 6.45) is 2.97.